The Morgan fingerprint density at radius 3 is 1.91 bits per heavy atom. The predicted molar refractivity (Wildman–Crippen MR) is 79.4 cm³/mol. The third kappa shape index (κ3) is 5.42. The van der Waals surface area contributed by atoms with Gasteiger partial charge in [0.25, 0.3) is 0 Å². The zero-order valence-corrected chi connectivity index (χ0v) is 12.8. The largest absolute Gasteiger partial charge is 0.462 e. The maximum atomic E-state index is 11.5. The molecule has 1 atom stereocenters. The smallest absolute Gasteiger partial charge is 0.303 e. The van der Waals surface area contributed by atoms with Gasteiger partial charge in [0.05, 0.1) is 0 Å². The van der Waals surface area contributed by atoms with Gasteiger partial charge >= 0.3 is 11.9 Å². The van der Waals surface area contributed by atoms with Crippen LogP contribution in [0.5, 0.6) is 0 Å². The van der Waals surface area contributed by atoms with Crippen LogP contribution in [0.4, 0.5) is 0 Å². The molecule has 0 heterocycles. The molecule has 0 fully saturated rings. The number of esters is 2. The van der Waals surface area contributed by atoms with Crippen molar-refractivity contribution < 1.29 is 28.7 Å². The molecule has 0 aromatic heterocycles. The summed E-state index contributed by atoms with van der Waals surface area (Å²) in [6, 6.07) is 4.33. The van der Waals surface area contributed by atoms with Crippen molar-refractivity contribution in [2.24, 2.45) is 11.5 Å². The molecule has 0 aliphatic carbocycles. The standard InChI is InChI=1S/C15H18N2O6/c1-8(18)22-7-10(23-9(2)19)6-13-11(14(16)20)4-3-5-12(13)15(17)21/h3-5,10H,6-7H2,1-2H3,(H2,16,20)(H2,17,21). The summed E-state index contributed by atoms with van der Waals surface area (Å²) >= 11 is 0. The molecular weight excluding hydrogens is 304 g/mol. The maximum absolute atomic E-state index is 11.5. The third-order valence-electron chi connectivity index (χ3n) is 2.94. The van der Waals surface area contributed by atoms with Crippen LogP contribution in [0, 0.1) is 0 Å². The predicted octanol–water partition coefficient (Wildman–Crippen LogP) is -0.0783. The molecule has 4 N–H and O–H groups in total. The van der Waals surface area contributed by atoms with Crippen LogP contribution in [0.1, 0.15) is 40.1 Å². The normalized spacial score (nSPS) is 11.4. The van der Waals surface area contributed by atoms with E-state index in [1.807, 2.05) is 0 Å². The summed E-state index contributed by atoms with van der Waals surface area (Å²) in [6.07, 6.45) is -0.931. The zero-order valence-electron chi connectivity index (χ0n) is 12.8. The van der Waals surface area contributed by atoms with Crippen LogP contribution in [0.25, 0.3) is 0 Å². The summed E-state index contributed by atoms with van der Waals surface area (Å²) in [5.74, 6) is -2.66. The average Bonchev–Trinajstić information content (AvgIpc) is 2.43. The fourth-order valence-electron chi connectivity index (χ4n) is 2.08. The van der Waals surface area contributed by atoms with Gasteiger partial charge in [0, 0.05) is 31.4 Å². The van der Waals surface area contributed by atoms with Gasteiger partial charge in [-0.3, -0.25) is 19.2 Å². The topological polar surface area (TPSA) is 139 Å². The molecule has 1 aromatic carbocycles. The van der Waals surface area contributed by atoms with Gasteiger partial charge in [-0.05, 0) is 17.7 Å². The van der Waals surface area contributed by atoms with Crippen molar-refractivity contribution in [1.82, 2.24) is 0 Å². The zero-order chi connectivity index (χ0) is 17.6. The Morgan fingerprint density at radius 2 is 1.52 bits per heavy atom. The summed E-state index contributed by atoms with van der Waals surface area (Å²) in [5, 5.41) is 0. The van der Waals surface area contributed by atoms with E-state index in [4.69, 9.17) is 20.9 Å². The summed E-state index contributed by atoms with van der Waals surface area (Å²) in [5.41, 5.74) is 11.0. The Hall–Kier alpha value is -2.90. The van der Waals surface area contributed by atoms with Crippen LogP contribution in [0.2, 0.25) is 0 Å². The van der Waals surface area contributed by atoms with E-state index >= 15 is 0 Å². The highest BCUT2D eigenvalue weighted by atomic mass is 16.6. The van der Waals surface area contributed by atoms with Crippen molar-refractivity contribution in [2.75, 3.05) is 6.61 Å². The molecule has 8 heteroatoms. The van der Waals surface area contributed by atoms with E-state index in [1.54, 1.807) is 0 Å². The average molecular weight is 322 g/mol. The van der Waals surface area contributed by atoms with E-state index in [2.05, 4.69) is 0 Å². The van der Waals surface area contributed by atoms with Crippen LogP contribution in [-0.4, -0.2) is 36.5 Å². The van der Waals surface area contributed by atoms with Crippen LogP contribution in [-0.2, 0) is 25.5 Å². The van der Waals surface area contributed by atoms with Crippen molar-refractivity contribution in [3.8, 4) is 0 Å². The lowest BCUT2D eigenvalue weighted by Crippen LogP contribution is -2.29. The molecule has 0 saturated heterocycles. The molecule has 1 rings (SSSR count). The Balaban J connectivity index is 3.19. The number of nitrogens with two attached hydrogens (primary N) is 2. The number of rotatable bonds is 7. The van der Waals surface area contributed by atoms with Crippen molar-refractivity contribution >= 4 is 23.8 Å². The van der Waals surface area contributed by atoms with Crippen LogP contribution in [0.3, 0.4) is 0 Å². The summed E-state index contributed by atoms with van der Waals surface area (Å²) in [4.78, 5) is 45.2. The van der Waals surface area contributed by atoms with E-state index in [1.165, 1.54) is 32.0 Å². The van der Waals surface area contributed by atoms with Crippen LogP contribution < -0.4 is 11.5 Å². The van der Waals surface area contributed by atoms with Gasteiger partial charge in [-0.2, -0.15) is 0 Å². The van der Waals surface area contributed by atoms with Crippen molar-refractivity contribution in [3.63, 3.8) is 0 Å². The number of benzene rings is 1. The highest BCUT2D eigenvalue weighted by Gasteiger charge is 2.22. The minimum Gasteiger partial charge on any atom is -0.462 e. The highest BCUT2D eigenvalue weighted by molar-refractivity contribution is 6.01. The number of amides is 2. The number of carbonyl (C=O) groups is 4. The summed E-state index contributed by atoms with van der Waals surface area (Å²) in [7, 11) is 0. The van der Waals surface area contributed by atoms with Gasteiger partial charge in [-0.15, -0.1) is 0 Å². The van der Waals surface area contributed by atoms with Gasteiger partial charge in [0.1, 0.15) is 12.7 Å². The van der Waals surface area contributed by atoms with Crippen LogP contribution in [0.15, 0.2) is 18.2 Å². The Kier molecular flexibility index (Phi) is 6.25. The minimum absolute atomic E-state index is 0.0513. The fraction of sp³-hybridized carbons (Fsp3) is 0.333. The van der Waals surface area contributed by atoms with Crippen LogP contribution >= 0.6 is 0 Å². The fourth-order valence-corrected chi connectivity index (χ4v) is 2.08. The molecule has 0 spiro atoms. The molecule has 2 amide bonds. The van der Waals surface area contributed by atoms with Crippen molar-refractivity contribution in [3.05, 3.63) is 34.9 Å². The van der Waals surface area contributed by atoms with E-state index in [0.717, 1.165) is 0 Å². The molecule has 1 aromatic rings. The Bertz CT molecular complexity index is 609. The number of carbonyl (C=O) groups excluding carboxylic acids is 4. The molecule has 0 aliphatic rings. The molecule has 0 aliphatic heterocycles. The van der Waals surface area contributed by atoms with Crippen molar-refractivity contribution in [1.29, 1.82) is 0 Å². The lowest BCUT2D eigenvalue weighted by atomic mass is 9.95. The summed E-state index contributed by atoms with van der Waals surface area (Å²) < 4.78 is 9.88. The maximum Gasteiger partial charge on any atom is 0.303 e. The molecule has 1 unspecified atom stereocenters. The van der Waals surface area contributed by atoms with Gasteiger partial charge in [-0.25, -0.2) is 0 Å². The molecule has 23 heavy (non-hydrogen) atoms. The number of hydrogen-bond donors (Lipinski definition) is 2. The second-order valence-corrected chi connectivity index (χ2v) is 4.80. The number of hydrogen-bond acceptors (Lipinski definition) is 6. The molecular formula is C15H18N2O6. The molecule has 0 bridgehead atoms. The second kappa shape index (κ2) is 7.92. The Labute approximate surface area is 132 Å². The monoisotopic (exact) mass is 322 g/mol. The minimum atomic E-state index is -0.880. The van der Waals surface area contributed by atoms with E-state index in [-0.39, 0.29) is 29.7 Å². The van der Waals surface area contributed by atoms with Gasteiger partial charge in [-0.1, -0.05) is 6.07 Å². The van der Waals surface area contributed by atoms with E-state index in [9.17, 15) is 19.2 Å². The molecule has 8 nitrogen and oxygen atoms in total. The lowest BCUT2D eigenvalue weighted by molar-refractivity contribution is -0.156. The SMILES string of the molecule is CC(=O)OCC(Cc1c(C(N)=O)cccc1C(N)=O)OC(C)=O. The second-order valence-electron chi connectivity index (χ2n) is 4.80. The van der Waals surface area contributed by atoms with Crippen molar-refractivity contribution in [2.45, 2.75) is 26.4 Å². The Morgan fingerprint density at radius 1 is 1.00 bits per heavy atom. The van der Waals surface area contributed by atoms with E-state index < -0.39 is 29.9 Å². The van der Waals surface area contributed by atoms with Gasteiger partial charge < -0.3 is 20.9 Å². The number of ether oxygens (including phenoxy) is 2. The molecule has 0 radical (unpaired) electrons. The quantitative estimate of drug-likeness (QED) is 0.673. The first-order valence-electron chi connectivity index (χ1n) is 6.74. The molecule has 0 saturated carbocycles. The van der Waals surface area contributed by atoms with Gasteiger partial charge in [0.15, 0.2) is 0 Å². The first-order chi connectivity index (χ1) is 10.7. The first-order valence-corrected chi connectivity index (χ1v) is 6.74. The first kappa shape index (κ1) is 18.1. The summed E-state index contributed by atoms with van der Waals surface area (Å²) in [6.45, 7) is 2.17. The lowest BCUT2D eigenvalue weighted by Gasteiger charge is -2.19. The van der Waals surface area contributed by atoms with Gasteiger partial charge in [0.2, 0.25) is 11.8 Å². The number of primary amides is 2. The molecule has 124 valence electrons. The highest BCUT2D eigenvalue weighted by Crippen LogP contribution is 2.18. The third-order valence-corrected chi connectivity index (χ3v) is 2.94. The van der Waals surface area contributed by atoms with E-state index in [0.29, 0.717) is 0 Å².